The molecule has 2 aromatic rings. The molecule has 0 bridgehead atoms. The summed E-state index contributed by atoms with van der Waals surface area (Å²) in [5.41, 5.74) is 1.95. The van der Waals surface area contributed by atoms with Gasteiger partial charge in [0.05, 0.1) is 13.6 Å². The van der Waals surface area contributed by atoms with Crippen LogP contribution in [0.1, 0.15) is 30.4 Å². The molecule has 1 aromatic heterocycles. The van der Waals surface area contributed by atoms with E-state index in [0.717, 1.165) is 30.8 Å². The lowest BCUT2D eigenvalue weighted by molar-refractivity contribution is -0.671. The number of likely N-dealkylation sites (tertiary alicyclic amines) is 1. The van der Waals surface area contributed by atoms with Gasteiger partial charge in [-0.1, -0.05) is 12.5 Å². The van der Waals surface area contributed by atoms with Gasteiger partial charge in [-0.05, 0) is 43.6 Å². The van der Waals surface area contributed by atoms with E-state index in [1.807, 2.05) is 42.5 Å². The summed E-state index contributed by atoms with van der Waals surface area (Å²) in [4.78, 5) is 6.99. The molecule has 128 valence electrons. The molecule has 5 heteroatoms. The predicted octanol–water partition coefficient (Wildman–Crippen LogP) is 1.97. The largest absolute Gasteiger partial charge is 0.507 e. The molecule has 1 saturated heterocycles. The zero-order valence-corrected chi connectivity index (χ0v) is 14.4. The number of phenolic OH excluding ortho intramolecular Hbond substituents is 1. The lowest BCUT2D eigenvalue weighted by Gasteiger charge is -2.25. The van der Waals surface area contributed by atoms with Crippen LogP contribution in [0, 0.1) is 0 Å². The van der Waals surface area contributed by atoms with Crippen molar-refractivity contribution in [2.45, 2.75) is 25.8 Å². The van der Waals surface area contributed by atoms with Crippen LogP contribution in [0.5, 0.6) is 5.75 Å². The monoisotopic (exact) mass is 327 g/mol. The van der Waals surface area contributed by atoms with E-state index in [1.165, 1.54) is 32.4 Å². The highest BCUT2D eigenvalue weighted by Crippen LogP contribution is 2.17. The molecule has 2 heterocycles. The first-order valence-corrected chi connectivity index (χ1v) is 8.76. The van der Waals surface area contributed by atoms with Crippen LogP contribution in [0.15, 0.2) is 41.9 Å². The van der Waals surface area contributed by atoms with Crippen molar-refractivity contribution in [3.8, 4) is 5.75 Å². The van der Waals surface area contributed by atoms with Gasteiger partial charge < -0.3 is 10.0 Å². The van der Waals surface area contributed by atoms with E-state index in [9.17, 15) is 5.11 Å². The molecule has 0 aliphatic carbocycles. The Morgan fingerprint density at radius 1 is 1.25 bits per heavy atom. The zero-order chi connectivity index (χ0) is 16.8. The number of aliphatic imine (C=N–C) groups is 1. The SMILES string of the molecule is C[n+]1ccn(Cc2ccc(O)c(C=NCCN3CCCCC3)c2)c1. The van der Waals surface area contributed by atoms with Gasteiger partial charge in [0.2, 0.25) is 6.33 Å². The lowest BCUT2D eigenvalue weighted by atomic mass is 10.1. The maximum atomic E-state index is 10.0. The minimum Gasteiger partial charge on any atom is -0.507 e. The predicted molar refractivity (Wildman–Crippen MR) is 95.6 cm³/mol. The summed E-state index contributed by atoms with van der Waals surface area (Å²) in [5.74, 6) is 0.290. The van der Waals surface area contributed by atoms with E-state index >= 15 is 0 Å². The second-order valence-corrected chi connectivity index (χ2v) is 6.58. The first-order valence-electron chi connectivity index (χ1n) is 8.76. The molecule has 5 nitrogen and oxygen atoms in total. The molecular formula is C19H27N4O+. The fourth-order valence-electron chi connectivity index (χ4n) is 3.16. The molecule has 1 N–H and O–H groups in total. The van der Waals surface area contributed by atoms with Crippen molar-refractivity contribution >= 4 is 6.21 Å². The van der Waals surface area contributed by atoms with Crippen molar-refractivity contribution in [1.29, 1.82) is 0 Å². The van der Waals surface area contributed by atoms with Crippen LogP contribution in [0.3, 0.4) is 0 Å². The van der Waals surface area contributed by atoms with E-state index in [4.69, 9.17) is 0 Å². The summed E-state index contributed by atoms with van der Waals surface area (Å²) >= 11 is 0. The summed E-state index contributed by atoms with van der Waals surface area (Å²) in [6.45, 7) is 4.98. The highest BCUT2D eigenvalue weighted by Gasteiger charge is 2.09. The minimum atomic E-state index is 0.290. The van der Waals surface area contributed by atoms with Gasteiger partial charge in [0.15, 0.2) is 0 Å². The minimum absolute atomic E-state index is 0.290. The summed E-state index contributed by atoms with van der Waals surface area (Å²) < 4.78 is 4.13. The second kappa shape index (κ2) is 8.11. The van der Waals surface area contributed by atoms with E-state index in [1.54, 1.807) is 12.3 Å². The van der Waals surface area contributed by atoms with Crippen molar-refractivity contribution in [1.82, 2.24) is 9.47 Å². The van der Waals surface area contributed by atoms with Crippen molar-refractivity contribution in [2.24, 2.45) is 12.0 Å². The number of rotatable bonds is 6. The van der Waals surface area contributed by atoms with Gasteiger partial charge in [0.1, 0.15) is 24.7 Å². The number of benzene rings is 1. The fraction of sp³-hybridized carbons (Fsp3) is 0.474. The first kappa shape index (κ1) is 16.7. The van der Waals surface area contributed by atoms with Gasteiger partial charge in [-0.25, -0.2) is 9.13 Å². The van der Waals surface area contributed by atoms with Gasteiger partial charge in [0, 0.05) is 18.3 Å². The molecule has 0 unspecified atom stereocenters. The standard InChI is InChI=1S/C19H26N4O/c1-21-11-12-23(16-21)15-17-5-6-19(24)18(13-17)14-20-7-10-22-8-3-2-4-9-22/h5-6,11-14,16H,2-4,7-10,15H2,1H3/p+1. The van der Waals surface area contributed by atoms with Gasteiger partial charge in [0.25, 0.3) is 0 Å². The molecule has 1 aromatic carbocycles. The number of nitrogens with zero attached hydrogens (tertiary/aromatic N) is 4. The first-order chi connectivity index (χ1) is 11.7. The van der Waals surface area contributed by atoms with E-state index < -0.39 is 0 Å². The Hall–Kier alpha value is -2.14. The summed E-state index contributed by atoms with van der Waals surface area (Å²) in [6, 6.07) is 5.73. The molecule has 0 amide bonds. The van der Waals surface area contributed by atoms with Crippen LogP contribution in [0.4, 0.5) is 0 Å². The second-order valence-electron chi connectivity index (χ2n) is 6.58. The fourth-order valence-corrected chi connectivity index (χ4v) is 3.16. The molecule has 1 aliphatic rings. The number of aromatic nitrogens is 2. The van der Waals surface area contributed by atoms with Gasteiger partial charge in [-0.3, -0.25) is 4.99 Å². The smallest absolute Gasteiger partial charge is 0.243 e. The van der Waals surface area contributed by atoms with E-state index in [-0.39, 0.29) is 0 Å². The normalized spacial score (nSPS) is 16.0. The third-order valence-electron chi connectivity index (χ3n) is 4.51. The molecule has 1 fully saturated rings. The van der Waals surface area contributed by atoms with Crippen molar-refractivity contribution in [3.05, 3.63) is 48.0 Å². The number of aromatic hydroxyl groups is 1. The van der Waals surface area contributed by atoms with Crippen LogP contribution >= 0.6 is 0 Å². The molecule has 1 aliphatic heterocycles. The van der Waals surface area contributed by atoms with Crippen LogP contribution in [-0.4, -0.2) is 47.0 Å². The third kappa shape index (κ3) is 4.68. The highest BCUT2D eigenvalue weighted by atomic mass is 16.3. The Labute approximate surface area is 143 Å². The Morgan fingerprint density at radius 2 is 2.08 bits per heavy atom. The quantitative estimate of drug-likeness (QED) is 0.651. The molecule has 0 radical (unpaired) electrons. The van der Waals surface area contributed by atoms with Crippen molar-refractivity contribution in [2.75, 3.05) is 26.2 Å². The molecular weight excluding hydrogens is 300 g/mol. The van der Waals surface area contributed by atoms with Crippen LogP contribution in [-0.2, 0) is 13.6 Å². The molecule has 3 rings (SSSR count). The van der Waals surface area contributed by atoms with Crippen LogP contribution < -0.4 is 4.57 Å². The van der Waals surface area contributed by atoms with Crippen LogP contribution in [0.2, 0.25) is 0 Å². The van der Waals surface area contributed by atoms with Crippen molar-refractivity contribution < 1.29 is 9.67 Å². The summed E-state index contributed by atoms with van der Waals surface area (Å²) in [5, 5.41) is 10.0. The number of piperidine rings is 1. The van der Waals surface area contributed by atoms with Gasteiger partial charge >= 0.3 is 0 Å². The maximum absolute atomic E-state index is 10.0. The van der Waals surface area contributed by atoms with Gasteiger partial charge in [-0.2, -0.15) is 0 Å². The average molecular weight is 327 g/mol. The molecule has 0 spiro atoms. The highest BCUT2D eigenvalue weighted by molar-refractivity contribution is 5.83. The average Bonchev–Trinajstić information content (AvgIpc) is 3.00. The van der Waals surface area contributed by atoms with Gasteiger partial charge in [-0.15, -0.1) is 0 Å². The van der Waals surface area contributed by atoms with E-state index in [2.05, 4.69) is 14.5 Å². The number of hydrogen-bond acceptors (Lipinski definition) is 3. The summed E-state index contributed by atoms with van der Waals surface area (Å²) in [6.07, 6.45) is 11.9. The number of phenols is 1. The number of hydrogen-bond donors (Lipinski definition) is 1. The Kier molecular flexibility index (Phi) is 5.64. The number of aryl methyl sites for hydroxylation is 1. The van der Waals surface area contributed by atoms with Crippen molar-refractivity contribution in [3.63, 3.8) is 0 Å². The Morgan fingerprint density at radius 3 is 2.83 bits per heavy atom. The lowest BCUT2D eigenvalue weighted by Crippen LogP contribution is -2.31. The van der Waals surface area contributed by atoms with Crippen LogP contribution in [0.25, 0.3) is 0 Å². The maximum Gasteiger partial charge on any atom is 0.243 e. The van der Waals surface area contributed by atoms with E-state index in [0.29, 0.717) is 5.75 Å². The molecule has 0 atom stereocenters. The summed E-state index contributed by atoms with van der Waals surface area (Å²) in [7, 11) is 2.01. The number of imidazole rings is 1. The third-order valence-corrected chi connectivity index (χ3v) is 4.51. The Balaban J connectivity index is 1.57. The topological polar surface area (TPSA) is 44.6 Å². The zero-order valence-electron chi connectivity index (χ0n) is 14.4. The molecule has 0 saturated carbocycles. The Bertz CT molecular complexity index is 686. The molecule has 24 heavy (non-hydrogen) atoms.